The van der Waals surface area contributed by atoms with Crippen molar-refractivity contribution in [2.45, 2.75) is 6.92 Å². The summed E-state index contributed by atoms with van der Waals surface area (Å²) in [5.41, 5.74) is 0.750. The van der Waals surface area contributed by atoms with Gasteiger partial charge in [-0.2, -0.15) is 0 Å². The summed E-state index contributed by atoms with van der Waals surface area (Å²) in [5, 5.41) is 12.3. The molecule has 1 aromatic heterocycles. The van der Waals surface area contributed by atoms with Gasteiger partial charge < -0.3 is 5.11 Å². The van der Waals surface area contributed by atoms with Gasteiger partial charge in [-0.15, -0.1) is 0 Å². The first kappa shape index (κ1) is 13.6. The van der Waals surface area contributed by atoms with Crippen LogP contribution < -0.4 is 5.32 Å². The normalized spacial score (nSPS) is 10.3. The van der Waals surface area contributed by atoms with E-state index in [-0.39, 0.29) is 27.4 Å². The summed E-state index contributed by atoms with van der Waals surface area (Å²) in [5.74, 6) is -0.505. The highest BCUT2D eigenvalue weighted by Gasteiger charge is 2.13. The summed E-state index contributed by atoms with van der Waals surface area (Å²) in [7, 11) is 0. The average molecular weight is 298 g/mol. The largest absolute Gasteiger partial charge is 0.508 e. The predicted octanol–water partition coefficient (Wildman–Crippen LogP) is 3.05. The van der Waals surface area contributed by atoms with E-state index in [9.17, 15) is 9.90 Å². The van der Waals surface area contributed by atoms with E-state index in [1.807, 2.05) is 0 Å². The molecule has 2 rings (SSSR count). The molecule has 5 nitrogen and oxygen atoms in total. The van der Waals surface area contributed by atoms with Gasteiger partial charge >= 0.3 is 0 Å². The SMILES string of the molecule is Cc1cc(Cl)nc(NC(=O)c2cc(O)ccc2Cl)n1. The molecule has 0 saturated heterocycles. The van der Waals surface area contributed by atoms with Crippen LogP contribution in [0.3, 0.4) is 0 Å². The van der Waals surface area contributed by atoms with E-state index < -0.39 is 5.91 Å². The summed E-state index contributed by atoms with van der Waals surface area (Å²) in [6, 6.07) is 5.64. The maximum absolute atomic E-state index is 12.0. The molecule has 0 aliphatic heterocycles. The molecule has 7 heteroatoms. The number of rotatable bonds is 2. The Labute approximate surface area is 119 Å². The summed E-state index contributed by atoms with van der Waals surface area (Å²) in [4.78, 5) is 19.9. The van der Waals surface area contributed by atoms with Gasteiger partial charge in [-0.05, 0) is 31.2 Å². The first-order chi connectivity index (χ1) is 8.95. The van der Waals surface area contributed by atoms with Crippen molar-refractivity contribution < 1.29 is 9.90 Å². The van der Waals surface area contributed by atoms with Gasteiger partial charge in [0.25, 0.3) is 5.91 Å². The third-order valence-corrected chi connectivity index (χ3v) is 2.77. The van der Waals surface area contributed by atoms with Crippen molar-refractivity contribution in [3.63, 3.8) is 0 Å². The Kier molecular flexibility index (Phi) is 3.87. The zero-order valence-corrected chi connectivity index (χ0v) is 11.3. The second-order valence-electron chi connectivity index (χ2n) is 3.77. The highest BCUT2D eigenvalue weighted by molar-refractivity contribution is 6.34. The topological polar surface area (TPSA) is 75.1 Å². The molecule has 98 valence electrons. The van der Waals surface area contributed by atoms with Crippen molar-refractivity contribution in [3.05, 3.63) is 45.7 Å². The van der Waals surface area contributed by atoms with Gasteiger partial charge in [0, 0.05) is 5.69 Å². The number of carbonyl (C=O) groups excluding carboxylic acids is 1. The number of aromatic nitrogens is 2. The molecule has 1 aromatic carbocycles. The number of benzene rings is 1. The van der Waals surface area contributed by atoms with E-state index in [1.165, 1.54) is 18.2 Å². The number of hydrogen-bond acceptors (Lipinski definition) is 4. The van der Waals surface area contributed by atoms with Crippen molar-refractivity contribution in [1.29, 1.82) is 0 Å². The predicted molar refractivity (Wildman–Crippen MR) is 72.8 cm³/mol. The van der Waals surface area contributed by atoms with E-state index >= 15 is 0 Å². The fourth-order valence-electron chi connectivity index (χ4n) is 1.44. The monoisotopic (exact) mass is 297 g/mol. The van der Waals surface area contributed by atoms with E-state index in [4.69, 9.17) is 23.2 Å². The smallest absolute Gasteiger partial charge is 0.259 e. The molecule has 1 heterocycles. The third-order valence-electron chi connectivity index (χ3n) is 2.24. The van der Waals surface area contributed by atoms with Crippen molar-refractivity contribution in [2.75, 3.05) is 5.32 Å². The lowest BCUT2D eigenvalue weighted by Crippen LogP contribution is -2.15. The van der Waals surface area contributed by atoms with E-state index in [0.717, 1.165) is 0 Å². The van der Waals surface area contributed by atoms with Gasteiger partial charge in [0.15, 0.2) is 0 Å². The Hall–Kier alpha value is -1.85. The van der Waals surface area contributed by atoms with Crippen molar-refractivity contribution in [2.24, 2.45) is 0 Å². The standard InChI is InChI=1S/C12H9Cl2N3O2/c1-6-4-10(14)16-12(15-6)17-11(19)8-5-7(18)2-3-9(8)13/h2-5,18H,1H3,(H,15,16,17,19). The van der Waals surface area contributed by atoms with E-state index in [2.05, 4.69) is 15.3 Å². The number of anilines is 1. The molecule has 19 heavy (non-hydrogen) atoms. The molecular weight excluding hydrogens is 289 g/mol. The van der Waals surface area contributed by atoms with Crippen LogP contribution in [0.15, 0.2) is 24.3 Å². The molecule has 2 N–H and O–H groups in total. The number of carbonyl (C=O) groups is 1. The number of nitrogens with zero attached hydrogens (tertiary/aromatic N) is 2. The molecule has 0 atom stereocenters. The molecule has 0 spiro atoms. The molecule has 0 fully saturated rings. The Morgan fingerprint density at radius 3 is 2.68 bits per heavy atom. The molecule has 0 bridgehead atoms. The first-order valence-corrected chi connectivity index (χ1v) is 6.02. The summed E-state index contributed by atoms with van der Waals surface area (Å²) >= 11 is 11.6. The highest BCUT2D eigenvalue weighted by atomic mass is 35.5. The number of nitrogens with one attached hydrogen (secondary N) is 1. The minimum absolute atomic E-state index is 0.0576. The van der Waals surface area contributed by atoms with Crippen molar-refractivity contribution >= 4 is 35.1 Å². The fraction of sp³-hybridized carbons (Fsp3) is 0.0833. The van der Waals surface area contributed by atoms with Crippen LogP contribution in [0.4, 0.5) is 5.95 Å². The van der Waals surface area contributed by atoms with Crippen LogP contribution in [0.5, 0.6) is 5.75 Å². The Bertz CT molecular complexity index is 627. The van der Waals surface area contributed by atoms with Crippen LogP contribution >= 0.6 is 23.2 Å². The minimum Gasteiger partial charge on any atom is -0.508 e. The summed E-state index contributed by atoms with van der Waals surface area (Å²) in [6.45, 7) is 1.73. The molecular formula is C12H9Cl2N3O2. The number of hydrogen-bond donors (Lipinski definition) is 2. The highest BCUT2D eigenvalue weighted by Crippen LogP contribution is 2.22. The second-order valence-corrected chi connectivity index (χ2v) is 4.57. The van der Waals surface area contributed by atoms with Crippen molar-refractivity contribution in [3.8, 4) is 5.75 Å². The molecule has 0 saturated carbocycles. The Morgan fingerprint density at radius 2 is 2.00 bits per heavy atom. The number of amides is 1. The lowest BCUT2D eigenvalue weighted by Gasteiger charge is -2.06. The summed E-state index contributed by atoms with van der Waals surface area (Å²) in [6.07, 6.45) is 0. The lowest BCUT2D eigenvalue weighted by atomic mass is 10.2. The van der Waals surface area contributed by atoms with E-state index in [1.54, 1.807) is 13.0 Å². The number of halogens is 2. The first-order valence-electron chi connectivity index (χ1n) is 5.27. The fourth-order valence-corrected chi connectivity index (χ4v) is 1.88. The zero-order valence-electron chi connectivity index (χ0n) is 9.82. The lowest BCUT2D eigenvalue weighted by molar-refractivity contribution is 0.102. The number of aromatic hydroxyl groups is 1. The number of phenolic OH excluding ortho intramolecular Hbond substituents is 1. The molecule has 2 aromatic rings. The zero-order chi connectivity index (χ0) is 14.0. The van der Waals surface area contributed by atoms with Gasteiger partial charge in [-0.3, -0.25) is 10.1 Å². The Morgan fingerprint density at radius 1 is 1.26 bits per heavy atom. The maximum atomic E-state index is 12.0. The average Bonchev–Trinajstić information content (AvgIpc) is 2.30. The van der Waals surface area contributed by atoms with E-state index in [0.29, 0.717) is 5.69 Å². The van der Waals surface area contributed by atoms with Crippen molar-refractivity contribution in [1.82, 2.24) is 9.97 Å². The second kappa shape index (κ2) is 5.42. The third kappa shape index (κ3) is 3.33. The summed E-state index contributed by atoms with van der Waals surface area (Å²) < 4.78 is 0. The maximum Gasteiger partial charge on any atom is 0.259 e. The van der Waals surface area contributed by atoms with Crippen LogP contribution in [-0.2, 0) is 0 Å². The van der Waals surface area contributed by atoms with Crippen LogP contribution in [0, 0.1) is 6.92 Å². The molecule has 0 unspecified atom stereocenters. The molecule has 1 amide bonds. The van der Waals surface area contributed by atoms with Crippen LogP contribution in [-0.4, -0.2) is 21.0 Å². The minimum atomic E-state index is -0.525. The Balaban J connectivity index is 2.28. The van der Waals surface area contributed by atoms with Gasteiger partial charge in [0.1, 0.15) is 10.9 Å². The number of aryl methyl sites for hydroxylation is 1. The van der Waals surface area contributed by atoms with Gasteiger partial charge in [-0.25, -0.2) is 9.97 Å². The van der Waals surface area contributed by atoms with Crippen LogP contribution in [0.25, 0.3) is 0 Å². The van der Waals surface area contributed by atoms with Gasteiger partial charge in [-0.1, -0.05) is 23.2 Å². The quantitative estimate of drug-likeness (QED) is 0.836. The van der Waals surface area contributed by atoms with Gasteiger partial charge in [0.05, 0.1) is 10.6 Å². The number of phenols is 1. The van der Waals surface area contributed by atoms with Gasteiger partial charge in [0.2, 0.25) is 5.95 Å². The molecule has 0 aliphatic carbocycles. The van der Waals surface area contributed by atoms with Crippen LogP contribution in [0.2, 0.25) is 10.2 Å². The van der Waals surface area contributed by atoms with Crippen LogP contribution in [0.1, 0.15) is 16.1 Å². The molecule has 0 radical (unpaired) electrons. The molecule has 0 aliphatic rings.